The van der Waals surface area contributed by atoms with E-state index in [-0.39, 0.29) is 6.10 Å². The summed E-state index contributed by atoms with van der Waals surface area (Å²) in [5.74, 6) is 2.45. The third-order valence-corrected chi connectivity index (χ3v) is 4.71. The lowest BCUT2D eigenvalue weighted by molar-refractivity contribution is 0.0518. The molecule has 0 bridgehead atoms. The molecule has 3 N–H and O–H groups in total. The number of nitrogens with two attached hydrogens (primary N) is 1. The molecule has 1 aromatic heterocycles. The van der Waals surface area contributed by atoms with E-state index < -0.39 is 0 Å². The van der Waals surface area contributed by atoms with Gasteiger partial charge in [0.15, 0.2) is 11.5 Å². The van der Waals surface area contributed by atoms with Crippen molar-refractivity contribution in [1.82, 2.24) is 9.88 Å². The zero-order valence-electron chi connectivity index (χ0n) is 14.2. The second kappa shape index (κ2) is 7.19. The van der Waals surface area contributed by atoms with Crippen molar-refractivity contribution in [2.24, 2.45) is 0 Å². The Labute approximate surface area is 147 Å². The number of ether oxygens (including phenoxy) is 2. The summed E-state index contributed by atoms with van der Waals surface area (Å²) in [6.45, 7) is 3.50. The number of hydrogen-bond donors (Lipinski definition) is 2. The second-order valence-corrected chi connectivity index (χ2v) is 6.68. The van der Waals surface area contributed by atoms with Gasteiger partial charge in [-0.2, -0.15) is 0 Å². The molecule has 2 aromatic rings. The number of fused-ring (bicyclic) bond motifs is 1. The molecule has 6 heteroatoms. The summed E-state index contributed by atoms with van der Waals surface area (Å²) in [4.78, 5) is 6.77. The van der Waals surface area contributed by atoms with Crippen LogP contribution in [0, 0.1) is 0 Å². The van der Waals surface area contributed by atoms with E-state index in [0.29, 0.717) is 18.3 Å². The van der Waals surface area contributed by atoms with Crippen LogP contribution >= 0.6 is 0 Å². The van der Waals surface area contributed by atoms with Crippen molar-refractivity contribution in [1.29, 1.82) is 0 Å². The molecule has 2 aliphatic rings. The monoisotopic (exact) mass is 340 g/mol. The maximum Gasteiger partial charge on any atom is 0.161 e. The molecule has 0 spiro atoms. The molecule has 6 nitrogen and oxygen atoms in total. The Balaban J connectivity index is 1.34. The number of piperidine rings is 1. The first-order chi connectivity index (χ1) is 12.3. The van der Waals surface area contributed by atoms with Gasteiger partial charge in [-0.15, -0.1) is 0 Å². The molecule has 0 amide bonds. The number of benzene rings is 1. The Bertz CT molecular complexity index is 724. The molecule has 2 unspecified atom stereocenters. The molecule has 1 aromatic carbocycles. The van der Waals surface area contributed by atoms with Crippen LogP contribution in [0.1, 0.15) is 12.8 Å². The SMILES string of the molecule is Nc1cccnc1NC1CCCN(CC2COc3ccccc3O2)C1. The second-order valence-electron chi connectivity index (χ2n) is 6.68. The molecule has 1 fully saturated rings. The number of nitrogens with zero attached hydrogens (tertiary/aromatic N) is 2. The van der Waals surface area contributed by atoms with Crippen LogP contribution in [0.3, 0.4) is 0 Å². The zero-order chi connectivity index (χ0) is 17.1. The van der Waals surface area contributed by atoms with Gasteiger partial charge in [0.1, 0.15) is 18.5 Å². The fourth-order valence-corrected chi connectivity index (χ4v) is 3.51. The summed E-state index contributed by atoms with van der Waals surface area (Å²) in [7, 11) is 0. The number of hydrogen-bond acceptors (Lipinski definition) is 6. The first kappa shape index (κ1) is 16.0. The van der Waals surface area contributed by atoms with Gasteiger partial charge >= 0.3 is 0 Å². The van der Waals surface area contributed by atoms with E-state index in [9.17, 15) is 0 Å². The molecular weight excluding hydrogens is 316 g/mol. The standard InChI is InChI=1S/C19H24N4O2/c20-16-6-3-9-21-19(16)22-14-5-4-10-23(11-14)12-15-13-24-17-7-1-2-8-18(17)25-15/h1-3,6-9,14-15H,4-5,10-13,20H2,(H,21,22). The van der Waals surface area contributed by atoms with Crippen molar-refractivity contribution < 1.29 is 9.47 Å². The van der Waals surface area contributed by atoms with E-state index in [2.05, 4.69) is 15.2 Å². The molecule has 0 aliphatic carbocycles. The lowest BCUT2D eigenvalue weighted by Crippen LogP contribution is -2.48. The molecular formula is C19H24N4O2. The molecule has 25 heavy (non-hydrogen) atoms. The average Bonchev–Trinajstić information content (AvgIpc) is 2.64. The van der Waals surface area contributed by atoms with Crippen LogP contribution in [-0.4, -0.2) is 48.3 Å². The summed E-state index contributed by atoms with van der Waals surface area (Å²) >= 11 is 0. The third-order valence-electron chi connectivity index (χ3n) is 4.71. The van der Waals surface area contributed by atoms with Crippen LogP contribution in [-0.2, 0) is 0 Å². The summed E-state index contributed by atoms with van der Waals surface area (Å²) in [5, 5.41) is 3.48. The van der Waals surface area contributed by atoms with Gasteiger partial charge in [0.05, 0.1) is 5.69 Å². The van der Waals surface area contributed by atoms with Crippen LogP contribution < -0.4 is 20.5 Å². The molecule has 1 saturated heterocycles. The molecule has 0 radical (unpaired) electrons. The lowest BCUT2D eigenvalue weighted by Gasteiger charge is -2.36. The Hall–Kier alpha value is -2.47. The summed E-state index contributed by atoms with van der Waals surface area (Å²) in [5.41, 5.74) is 6.69. The minimum Gasteiger partial charge on any atom is -0.486 e. The molecule has 132 valence electrons. The highest BCUT2D eigenvalue weighted by Crippen LogP contribution is 2.31. The van der Waals surface area contributed by atoms with E-state index in [4.69, 9.17) is 15.2 Å². The van der Waals surface area contributed by atoms with E-state index in [0.717, 1.165) is 49.8 Å². The summed E-state index contributed by atoms with van der Waals surface area (Å²) in [6, 6.07) is 11.9. The first-order valence-electron chi connectivity index (χ1n) is 8.86. The Morgan fingerprint density at radius 1 is 1.20 bits per heavy atom. The highest BCUT2D eigenvalue weighted by atomic mass is 16.6. The topological polar surface area (TPSA) is 72.6 Å². The van der Waals surface area contributed by atoms with E-state index in [1.807, 2.05) is 36.4 Å². The van der Waals surface area contributed by atoms with Gasteiger partial charge < -0.3 is 20.5 Å². The Kier molecular flexibility index (Phi) is 4.61. The number of aromatic nitrogens is 1. The van der Waals surface area contributed by atoms with E-state index >= 15 is 0 Å². The third kappa shape index (κ3) is 3.79. The predicted molar refractivity (Wildman–Crippen MR) is 98.1 cm³/mol. The summed E-state index contributed by atoms with van der Waals surface area (Å²) < 4.78 is 11.9. The molecule has 2 aliphatic heterocycles. The molecule has 3 heterocycles. The number of nitrogens with one attached hydrogen (secondary N) is 1. The average molecular weight is 340 g/mol. The fraction of sp³-hybridized carbons (Fsp3) is 0.421. The lowest BCUT2D eigenvalue weighted by atomic mass is 10.0. The van der Waals surface area contributed by atoms with Crippen molar-refractivity contribution in [3.05, 3.63) is 42.6 Å². The van der Waals surface area contributed by atoms with Crippen LogP contribution in [0.15, 0.2) is 42.6 Å². The van der Waals surface area contributed by atoms with E-state index in [1.54, 1.807) is 6.20 Å². The van der Waals surface area contributed by atoms with Gasteiger partial charge in [0.25, 0.3) is 0 Å². The van der Waals surface area contributed by atoms with Gasteiger partial charge in [0.2, 0.25) is 0 Å². The number of likely N-dealkylation sites (tertiary alicyclic amines) is 1. The number of anilines is 2. The van der Waals surface area contributed by atoms with Gasteiger partial charge in [-0.25, -0.2) is 4.98 Å². The fourth-order valence-electron chi connectivity index (χ4n) is 3.51. The zero-order valence-corrected chi connectivity index (χ0v) is 14.2. The number of rotatable bonds is 4. The smallest absolute Gasteiger partial charge is 0.161 e. The quantitative estimate of drug-likeness (QED) is 0.890. The normalized spacial score (nSPS) is 23.2. The van der Waals surface area contributed by atoms with Gasteiger partial charge in [-0.1, -0.05) is 12.1 Å². The summed E-state index contributed by atoms with van der Waals surface area (Å²) in [6.07, 6.45) is 4.10. The molecule has 2 atom stereocenters. The maximum absolute atomic E-state index is 6.09. The Morgan fingerprint density at radius 3 is 2.96 bits per heavy atom. The van der Waals surface area contributed by atoms with Crippen molar-refractivity contribution in [3.8, 4) is 11.5 Å². The van der Waals surface area contributed by atoms with Crippen LogP contribution in [0.4, 0.5) is 11.5 Å². The van der Waals surface area contributed by atoms with Gasteiger partial charge in [-0.3, -0.25) is 4.90 Å². The highest BCUT2D eigenvalue weighted by molar-refractivity contribution is 5.60. The Morgan fingerprint density at radius 2 is 2.08 bits per heavy atom. The van der Waals surface area contributed by atoms with E-state index in [1.165, 1.54) is 0 Å². The highest BCUT2D eigenvalue weighted by Gasteiger charge is 2.26. The minimum atomic E-state index is 0.0635. The number of para-hydroxylation sites is 2. The first-order valence-corrected chi connectivity index (χ1v) is 8.86. The van der Waals surface area contributed by atoms with Crippen molar-refractivity contribution in [3.63, 3.8) is 0 Å². The van der Waals surface area contributed by atoms with Crippen molar-refractivity contribution >= 4 is 11.5 Å². The largest absolute Gasteiger partial charge is 0.486 e. The number of nitrogen functional groups attached to an aromatic ring is 1. The van der Waals surface area contributed by atoms with Crippen molar-refractivity contribution in [2.75, 3.05) is 37.3 Å². The van der Waals surface area contributed by atoms with Gasteiger partial charge in [-0.05, 0) is 43.7 Å². The predicted octanol–water partition coefficient (Wildman–Crippen LogP) is 2.38. The van der Waals surface area contributed by atoms with Crippen LogP contribution in [0.25, 0.3) is 0 Å². The van der Waals surface area contributed by atoms with Gasteiger partial charge in [0, 0.05) is 25.3 Å². The maximum atomic E-state index is 6.09. The van der Waals surface area contributed by atoms with Crippen molar-refractivity contribution in [2.45, 2.75) is 25.0 Å². The molecule has 4 rings (SSSR count). The van der Waals surface area contributed by atoms with Crippen LogP contribution in [0.5, 0.6) is 11.5 Å². The van der Waals surface area contributed by atoms with Crippen LogP contribution in [0.2, 0.25) is 0 Å². The molecule has 0 saturated carbocycles. The minimum absolute atomic E-state index is 0.0635. The number of pyridine rings is 1.